The van der Waals surface area contributed by atoms with Crippen molar-refractivity contribution < 1.29 is 4.79 Å². The van der Waals surface area contributed by atoms with Crippen LogP contribution in [0.15, 0.2) is 69.6 Å². The number of hydrogen-bond acceptors (Lipinski definition) is 6. The smallest absolute Gasteiger partial charge is 0.187 e. The fourth-order valence-electron chi connectivity index (χ4n) is 2.40. The van der Waals surface area contributed by atoms with E-state index in [1.807, 2.05) is 25.1 Å². The molecule has 0 fully saturated rings. The molecule has 2 aliphatic rings. The molecule has 0 aromatic heterocycles. The van der Waals surface area contributed by atoms with Crippen LogP contribution in [0.3, 0.4) is 0 Å². The minimum atomic E-state index is -0.0921. The van der Waals surface area contributed by atoms with Crippen LogP contribution in [0, 0.1) is 11.8 Å². The highest BCUT2D eigenvalue weighted by Crippen LogP contribution is 2.29. The zero-order chi connectivity index (χ0) is 19.1. The lowest BCUT2D eigenvalue weighted by molar-refractivity contribution is -0.112. The maximum absolute atomic E-state index is 12.9. The average molecular weight is 349 g/mol. The van der Waals surface area contributed by atoms with Gasteiger partial charge in [0.05, 0.1) is 6.54 Å². The maximum Gasteiger partial charge on any atom is 0.187 e. The van der Waals surface area contributed by atoms with E-state index in [4.69, 9.17) is 5.73 Å². The van der Waals surface area contributed by atoms with Gasteiger partial charge < -0.3 is 5.73 Å². The molecule has 0 saturated carbocycles. The lowest BCUT2D eigenvalue weighted by Gasteiger charge is -2.29. The van der Waals surface area contributed by atoms with Crippen LogP contribution in [0.1, 0.15) is 13.3 Å². The largest absolute Gasteiger partial charge is 0.382 e. The van der Waals surface area contributed by atoms with E-state index in [1.165, 1.54) is 6.34 Å². The second kappa shape index (κ2) is 8.79. The van der Waals surface area contributed by atoms with Crippen LogP contribution in [0.25, 0.3) is 0 Å². The lowest BCUT2D eigenvalue weighted by Crippen LogP contribution is -2.35. The summed E-state index contributed by atoms with van der Waals surface area (Å²) in [5.74, 6) is 6.34. The molecule has 2 heterocycles. The van der Waals surface area contributed by atoms with E-state index in [2.05, 4.69) is 28.5 Å². The van der Waals surface area contributed by atoms with Gasteiger partial charge in [-0.15, -0.1) is 0 Å². The van der Waals surface area contributed by atoms with Gasteiger partial charge in [0.1, 0.15) is 17.7 Å². The summed E-state index contributed by atoms with van der Waals surface area (Å²) in [5, 5.41) is 5.84. The molecule has 0 amide bonds. The van der Waals surface area contributed by atoms with Gasteiger partial charge in [0, 0.05) is 5.57 Å². The number of carbonyl (C=O) groups excluding carboxylic acids is 1. The van der Waals surface area contributed by atoms with Crippen LogP contribution in [-0.4, -0.2) is 48.5 Å². The van der Waals surface area contributed by atoms with Gasteiger partial charge in [-0.2, -0.15) is 5.10 Å². The van der Waals surface area contributed by atoms with Crippen molar-refractivity contribution in [3.8, 4) is 11.8 Å². The Morgan fingerprint density at radius 3 is 2.92 bits per heavy atom. The summed E-state index contributed by atoms with van der Waals surface area (Å²) in [5.41, 5.74) is 8.42. The number of ketones is 1. The summed E-state index contributed by atoms with van der Waals surface area (Å²) in [6.45, 7) is 6.00. The Morgan fingerprint density at radius 2 is 2.23 bits per heavy atom. The Kier molecular flexibility index (Phi) is 6.48. The topological polar surface area (TPSA) is 74.3 Å². The lowest BCUT2D eigenvalue weighted by atomic mass is 9.95. The number of hydrogen-bond donors (Lipinski definition) is 1. The molecule has 2 aliphatic heterocycles. The van der Waals surface area contributed by atoms with Gasteiger partial charge in [-0.05, 0) is 45.0 Å². The van der Waals surface area contributed by atoms with Crippen molar-refractivity contribution in [1.29, 1.82) is 0 Å². The Morgan fingerprint density at radius 1 is 1.46 bits per heavy atom. The standard InChI is InChI=1S/C20H23N5O/c1-5-6-7-9-15(2)19(26)17-12-11-16(10-8-13-24(3)4)25-18(17)20(21)22-14-23-25/h5-7,9,11,14H,1,12-13H2,2-4H3,(H2,21,22,23)/b7-6-,15-9+. The molecule has 26 heavy (non-hydrogen) atoms. The highest BCUT2D eigenvalue weighted by molar-refractivity contribution is 6.15. The van der Waals surface area contributed by atoms with Crippen molar-refractivity contribution in [2.75, 3.05) is 20.6 Å². The normalized spacial score (nSPS) is 16.9. The summed E-state index contributed by atoms with van der Waals surface area (Å²) < 4.78 is 0. The number of nitrogens with two attached hydrogens (primary N) is 1. The molecule has 0 unspecified atom stereocenters. The van der Waals surface area contributed by atoms with Crippen molar-refractivity contribution in [1.82, 2.24) is 9.91 Å². The highest BCUT2D eigenvalue weighted by atomic mass is 16.1. The summed E-state index contributed by atoms with van der Waals surface area (Å²) in [7, 11) is 3.90. The molecule has 0 spiro atoms. The third-order valence-electron chi connectivity index (χ3n) is 3.67. The number of Topliss-reactive ketones (excluding diaryl/α,β-unsaturated/α-hetero) is 1. The second-order valence-corrected chi connectivity index (χ2v) is 6.02. The number of amidine groups is 1. The minimum absolute atomic E-state index is 0.0921. The molecule has 0 bridgehead atoms. The number of aliphatic imine (C=N–C) groups is 1. The predicted molar refractivity (Wildman–Crippen MR) is 106 cm³/mol. The third-order valence-corrected chi connectivity index (χ3v) is 3.67. The number of carbonyl (C=O) groups is 1. The van der Waals surface area contributed by atoms with E-state index in [9.17, 15) is 4.79 Å². The van der Waals surface area contributed by atoms with Crippen molar-refractivity contribution in [3.05, 3.63) is 59.5 Å². The number of hydrazone groups is 1. The summed E-state index contributed by atoms with van der Waals surface area (Å²) in [6.07, 6.45) is 10.6. The van der Waals surface area contributed by atoms with Gasteiger partial charge in [0.25, 0.3) is 0 Å². The van der Waals surface area contributed by atoms with Crippen molar-refractivity contribution in [3.63, 3.8) is 0 Å². The van der Waals surface area contributed by atoms with Crippen molar-refractivity contribution in [2.24, 2.45) is 15.8 Å². The van der Waals surface area contributed by atoms with E-state index in [1.54, 1.807) is 36.2 Å². The first kappa shape index (κ1) is 19.2. The molecule has 0 radical (unpaired) electrons. The van der Waals surface area contributed by atoms with Gasteiger partial charge in [-0.1, -0.05) is 36.8 Å². The molecule has 2 N–H and O–H groups in total. The number of allylic oxidation sites excluding steroid dienone is 8. The Balaban J connectivity index is 2.37. The van der Waals surface area contributed by atoms with Crippen LogP contribution >= 0.6 is 0 Å². The predicted octanol–water partition coefficient (Wildman–Crippen LogP) is 1.97. The van der Waals surface area contributed by atoms with E-state index in [-0.39, 0.29) is 11.6 Å². The molecule has 134 valence electrons. The summed E-state index contributed by atoms with van der Waals surface area (Å²) >= 11 is 0. The van der Waals surface area contributed by atoms with Crippen LogP contribution in [0.5, 0.6) is 0 Å². The van der Waals surface area contributed by atoms with Gasteiger partial charge in [0.15, 0.2) is 11.6 Å². The third kappa shape index (κ3) is 4.47. The molecule has 6 heteroatoms. The number of fused-ring (bicyclic) bond motifs is 1. The molecular weight excluding hydrogens is 326 g/mol. The molecule has 0 aliphatic carbocycles. The monoisotopic (exact) mass is 349 g/mol. The van der Waals surface area contributed by atoms with Crippen molar-refractivity contribution in [2.45, 2.75) is 13.3 Å². The molecule has 6 nitrogen and oxygen atoms in total. The van der Waals surface area contributed by atoms with Gasteiger partial charge in [-0.3, -0.25) is 9.69 Å². The van der Waals surface area contributed by atoms with Crippen LogP contribution < -0.4 is 5.73 Å². The molecule has 2 rings (SSSR count). The van der Waals surface area contributed by atoms with E-state index in [0.29, 0.717) is 35.5 Å². The maximum atomic E-state index is 12.9. The molecule has 0 aromatic rings. The van der Waals surface area contributed by atoms with Crippen LogP contribution in [-0.2, 0) is 4.79 Å². The Bertz CT molecular complexity index is 841. The number of nitrogens with zero attached hydrogens (tertiary/aromatic N) is 4. The molecule has 0 aromatic carbocycles. The van der Waals surface area contributed by atoms with Crippen LogP contribution in [0.4, 0.5) is 0 Å². The van der Waals surface area contributed by atoms with Crippen molar-refractivity contribution >= 4 is 18.0 Å². The zero-order valence-corrected chi connectivity index (χ0v) is 15.4. The van der Waals surface area contributed by atoms with E-state index < -0.39 is 0 Å². The summed E-state index contributed by atoms with van der Waals surface area (Å²) in [4.78, 5) is 18.9. The first-order valence-electron chi connectivity index (χ1n) is 8.19. The molecule has 0 atom stereocenters. The fraction of sp³-hybridized carbons (Fsp3) is 0.250. The van der Waals surface area contributed by atoms with Crippen LogP contribution in [0.2, 0.25) is 0 Å². The fourth-order valence-corrected chi connectivity index (χ4v) is 2.40. The molecular formula is C20H23N5O. The molecule has 0 saturated heterocycles. The Labute approximate surface area is 154 Å². The average Bonchev–Trinajstić information content (AvgIpc) is 2.61. The minimum Gasteiger partial charge on any atom is -0.382 e. The van der Waals surface area contributed by atoms with Gasteiger partial charge >= 0.3 is 0 Å². The SMILES string of the molecule is C=C/C=C\C=C(/C)C(=O)C1=C2C(N)=NC=NN2C(C#CCN(C)C)=CC1. The summed E-state index contributed by atoms with van der Waals surface area (Å²) in [6, 6.07) is 0. The Hall–Kier alpha value is -3.17. The zero-order valence-electron chi connectivity index (χ0n) is 15.4. The van der Waals surface area contributed by atoms with Gasteiger partial charge in [0.2, 0.25) is 0 Å². The first-order chi connectivity index (χ1) is 12.5. The quantitative estimate of drug-likeness (QED) is 0.468. The van der Waals surface area contributed by atoms with E-state index in [0.717, 1.165) is 0 Å². The van der Waals surface area contributed by atoms with Gasteiger partial charge in [-0.25, -0.2) is 10.0 Å². The first-order valence-corrected chi connectivity index (χ1v) is 8.19. The second-order valence-electron chi connectivity index (χ2n) is 6.02. The number of rotatable bonds is 5. The van der Waals surface area contributed by atoms with E-state index >= 15 is 0 Å². The highest BCUT2D eigenvalue weighted by Gasteiger charge is 2.29.